The highest BCUT2D eigenvalue weighted by molar-refractivity contribution is 7.09. The van der Waals surface area contributed by atoms with Gasteiger partial charge in [-0.2, -0.15) is 0 Å². The molecule has 0 aromatic carbocycles. The maximum absolute atomic E-state index is 12.5. The van der Waals surface area contributed by atoms with Crippen LogP contribution in [0.3, 0.4) is 0 Å². The first-order chi connectivity index (χ1) is 11.1. The van der Waals surface area contributed by atoms with Gasteiger partial charge in [0, 0.05) is 43.7 Å². The van der Waals surface area contributed by atoms with Gasteiger partial charge >= 0.3 is 5.69 Å². The molecule has 1 amide bonds. The third kappa shape index (κ3) is 3.96. The molecule has 0 unspecified atom stereocenters. The summed E-state index contributed by atoms with van der Waals surface area (Å²) in [5, 5.41) is 2.06. The first-order valence-corrected chi connectivity index (χ1v) is 8.37. The van der Waals surface area contributed by atoms with Crippen LogP contribution in [-0.2, 0) is 6.54 Å². The number of aromatic nitrogens is 2. The second-order valence-corrected chi connectivity index (χ2v) is 6.53. The van der Waals surface area contributed by atoms with E-state index in [9.17, 15) is 14.4 Å². The first kappa shape index (κ1) is 15.7. The molecule has 23 heavy (non-hydrogen) atoms. The average Bonchev–Trinajstić information content (AvgIpc) is 2.90. The molecule has 7 nitrogen and oxygen atoms in total. The van der Waals surface area contributed by atoms with Crippen LogP contribution in [0.2, 0.25) is 0 Å². The molecule has 1 saturated heterocycles. The van der Waals surface area contributed by atoms with E-state index >= 15 is 0 Å². The second kappa shape index (κ2) is 6.93. The van der Waals surface area contributed by atoms with Gasteiger partial charge in [0.2, 0.25) is 0 Å². The fraction of sp³-hybridized carbons (Fsp3) is 0.400. The topological polar surface area (TPSA) is 89.3 Å². The zero-order chi connectivity index (χ0) is 16.2. The van der Waals surface area contributed by atoms with Crippen LogP contribution in [0.25, 0.3) is 0 Å². The number of hydrogen-bond donors (Lipinski definition) is 2. The average molecular weight is 334 g/mol. The number of amides is 1. The smallest absolute Gasteiger partial charge is 0.326 e. The predicted molar refractivity (Wildman–Crippen MR) is 87.8 cm³/mol. The number of carbonyl (C=O) groups is 1. The summed E-state index contributed by atoms with van der Waals surface area (Å²) in [4.78, 5) is 44.9. The summed E-state index contributed by atoms with van der Waals surface area (Å²) in [6, 6.07) is 5.29. The number of aromatic amines is 2. The standard InChI is InChI=1S/C15H18N4O3S/c20-13-9-12(16-15(22)17-13)14(21)19-5-2-4-18(6-7-19)10-11-3-1-8-23-11/h1,3,8-9H,2,4-7,10H2,(H2,16,17,20,22). The number of hydrogen-bond acceptors (Lipinski definition) is 5. The lowest BCUT2D eigenvalue weighted by Gasteiger charge is -2.21. The van der Waals surface area contributed by atoms with Crippen molar-refractivity contribution in [2.24, 2.45) is 0 Å². The van der Waals surface area contributed by atoms with Crippen molar-refractivity contribution in [3.63, 3.8) is 0 Å². The molecule has 8 heteroatoms. The summed E-state index contributed by atoms with van der Waals surface area (Å²) in [7, 11) is 0. The van der Waals surface area contributed by atoms with Gasteiger partial charge in [-0.1, -0.05) is 6.07 Å². The van der Waals surface area contributed by atoms with Gasteiger partial charge in [-0.15, -0.1) is 11.3 Å². The number of nitrogens with zero attached hydrogens (tertiary/aromatic N) is 2. The molecule has 2 aromatic rings. The lowest BCUT2D eigenvalue weighted by Crippen LogP contribution is -2.37. The molecule has 0 aliphatic carbocycles. The minimum atomic E-state index is -0.657. The zero-order valence-electron chi connectivity index (χ0n) is 12.6. The number of H-pyrrole nitrogens is 2. The molecule has 1 fully saturated rings. The van der Waals surface area contributed by atoms with Crippen molar-refractivity contribution < 1.29 is 4.79 Å². The molecular formula is C15H18N4O3S. The molecule has 0 bridgehead atoms. The molecule has 122 valence electrons. The number of rotatable bonds is 3. The van der Waals surface area contributed by atoms with Gasteiger partial charge in [0.15, 0.2) is 0 Å². The van der Waals surface area contributed by atoms with E-state index in [4.69, 9.17) is 0 Å². The number of carbonyl (C=O) groups excluding carboxylic acids is 1. The van der Waals surface area contributed by atoms with E-state index in [-0.39, 0.29) is 11.6 Å². The summed E-state index contributed by atoms with van der Waals surface area (Å²) < 4.78 is 0. The Morgan fingerprint density at radius 2 is 2.04 bits per heavy atom. The van der Waals surface area contributed by atoms with Crippen LogP contribution in [-0.4, -0.2) is 51.9 Å². The minimum absolute atomic E-state index is 0.0467. The van der Waals surface area contributed by atoms with Gasteiger partial charge in [0.25, 0.3) is 11.5 Å². The molecule has 3 rings (SSSR count). The first-order valence-electron chi connectivity index (χ1n) is 7.49. The number of thiophene rings is 1. The third-order valence-electron chi connectivity index (χ3n) is 3.83. The molecule has 0 atom stereocenters. The van der Waals surface area contributed by atoms with Crippen molar-refractivity contribution in [2.75, 3.05) is 26.2 Å². The highest BCUT2D eigenvalue weighted by atomic mass is 32.1. The monoisotopic (exact) mass is 334 g/mol. The van der Waals surface area contributed by atoms with Gasteiger partial charge in [0.05, 0.1) is 0 Å². The Balaban J connectivity index is 1.66. The van der Waals surface area contributed by atoms with Gasteiger partial charge < -0.3 is 9.88 Å². The van der Waals surface area contributed by atoms with Crippen molar-refractivity contribution in [3.05, 3.63) is 55.0 Å². The molecule has 0 radical (unpaired) electrons. The highest BCUT2D eigenvalue weighted by Gasteiger charge is 2.21. The Bertz CT molecular complexity index is 752. The Hall–Kier alpha value is -2.19. The fourth-order valence-electron chi connectivity index (χ4n) is 2.71. The van der Waals surface area contributed by atoms with Crippen LogP contribution in [0.5, 0.6) is 0 Å². The Morgan fingerprint density at radius 1 is 1.17 bits per heavy atom. The van der Waals surface area contributed by atoms with E-state index in [1.807, 2.05) is 6.07 Å². The van der Waals surface area contributed by atoms with Crippen molar-refractivity contribution >= 4 is 17.2 Å². The summed E-state index contributed by atoms with van der Waals surface area (Å²) >= 11 is 1.73. The van der Waals surface area contributed by atoms with Crippen LogP contribution in [0.1, 0.15) is 21.8 Å². The Kier molecular flexibility index (Phi) is 4.73. The van der Waals surface area contributed by atoms with Crippen LogP contribution in [0.15, 0.2) is 33.2 Å². The normalized spacial score (nSPS) is 16.3. The van der Waals surface area contributed by atoms with Crippen LogP contribution in [0.4, 0.5) is 0 Å². The minimum Gasteiger partial charge on any atom is -0.336 e. The van der Waals surface area contributed by atoms with Crippen molar-refractivity contribution in [1.82, 2.24) is 19.8 Å². The van der Waals surface area contributed by atoms with Crippen molar-refractivity contribution in [2.45, 2.75) is 13.0 Å². The number of nitrogens with one attached hydrogen (secondary N) is 2. The highest BCUT2D eigenvalue weighted by Crippen LogP contribution is 2.14. The maximum Gasteiger partial charge on any atom is 0.326 e. The summed E-state index contributed by atoms with van der Waals surface area (Å²) in [5.41, 5.74) is -1.17. The van der Waals surface area contributed by atoms with Gasteiger partial charge in [-0.3, -0.25) is 19.5 Å². The van der Waals surface area contributed by atoms with Crippen molar-refractivity contribution in [1.29, 1.82) is 0 Å². The summed E-state index contributed by atoms with van der Waals surface area (Å²) in [6.45, 7) is 3.79. The van der Waals surface area contributed by atoms with E-state index < -0.39 is 11.2 Å². The molecular weight excluding hydrogens is 316 g/mol. The Labute approximate surface area is 136 Å². The molecule has 2 N–H and O–H groups in total. The largest absolute Gasteiger partial charge is 0.336 e. The molecule has 0 saturated carbocycles. The van der Waals surface area contributed by atoms with E-state index in [0.717, 1.165) is 32.1 Å². The predicted octanol–water partition coefficient (Wildman–Crippen LogP) is 0.473. The van der Waals surface area contributed by atoms with Crippen LogP contribution >= 0.6 is 11.3 Å². The van der Waals surface area contributed by atoms with E-state index in [1.165, 1.54) is 4.88 Å². The molecule has 2 aromatic heterocycles. The van der Waals surface area contributed by atoms with Gasteiger partial charge in [-0.05, 0) is 17.9 Å². The summed E-state index contributed by atoms with van der Waals surface area (Å²) in [6.07, 6.45) is 0.866. The zero-order valence-corrected chi connectivity index (χ0v) is 13.4. The SMILES string of the molecule is O=C(c1cc(=O)[nH]c(=O)[nH]1)N1CCCN(Cc2cccs2)CC1. The molecule has 1 aliphatic heterocycles. The quantitative estimate of drug-likeness (QED) is 0.854. The lowest BCUT2D eigenvalue weighted by molar-refractivity contribution is 0.0754. The summed E-state index contributed by atoms with van der Waals surface area (Å²) in [5.74, 6) is -0.300. The van der Waals surface area contributed by atoms with Gasteiger partial charge in [-0.25, -0.2) is 4.79 Å². The second-order valence-electron chi connectivity index (χ2n) is 5.50. The molecule has 0 spiro atoms. The van der Waals surface area contributed by atoms with Crippen molar-refractivity contribution in [3.8, 4) is 0 Å². The molecule has 1 aliphatic rings. The third-order valence-corrected chi connectivity index (χ3v) is 4.69. The van der Waals surface area contributed by atoms with E-state index in [0.29, 0.717) is 13.1 Å². The van der Waals surface area contributed by atoms with Gasteiger partial charge in [0.1, 0.15) is 5.69 Å². The maximum atomic E-state index is 12.5. The van der Waals surface area contributed by atoms with E-state index in [1.54, 1.807) is 16.2 Å². The van der Waals surface area contributed by atoms with Crippen LogP contribution < -0.4 is 11.2 Å². The Morgan fingerprint density at radius 3 is 2.78 bits per heavy atom. The molecule has 3 heterocycles. The van der Waals surface area contributed by atoms with E-state index in [2.05, 4.69) is 26.3 Å². The fourth-order valence-corrected chi connectivity index (χ4v) is 3.46. The lowest BCUT2D eigenvalue weighted by atomic mass is 10.3. The van der Waals surface area contributed by atoms with Crippen LogP contribution in [0, 0.1) is 0 Å².